The van der Waals surface area contributed by atoms with Crippen LogP contribution in [0.3, 0.4) is 0 Å². The van der Waals surface area contributed by atoms with Crippen molar-refractivity contribution in [1.29, 1.82) is 0 Å². The minimum absolute atomic E-state index is 0.169. The first-order chi connectivity index (χ1) is 9.16. The third-order valence-electron chi connectivity index (χ3n) is 3.23. The first-order valence-corrected chi connectivity index (χ1v) is 6.88. The molecule has 1 amide bonds. The van der Waals surface area contributed by atoms with Gasteiger partial charge < -0.3 is 15.0 Å². The Hall–Kier alpha value is -1.26. The molecule has 1 aliphatic rings. The van der Waals surface area contributed by atoms with E-state index in [0.717, 1.165) is 31.8 Å². The summed E-state index contributed by atoms with van der Waals surface area (Å²) in [5.41, 5.74) is 0. The highest BCUT2D eigenvalue weighted by molar-refractivity contribution is 6.30. The first kappa shape index (κ1) is 14.2. The van der Waals surface area contributed by atoms with Gasteiger partial charge in [0.15, 0.2) is 0 Å². The second-order valence-electron chi connectivity index (χ2n) is 4.77. The lowest BCUT2D eigenvalue weighted by Crippen LogP contribution is -2.51. The van der Waals surface area contributed by atoms with Crippen molar-refractivity contribution >= 4 is 17.5 Å². The third-order valence-corrected chi connectivity index (χ3v) is 3.48. The predicted molar refractivity (Wildman–Crippen MR) is 75.6 cm³/mol. The maximum atomic E-state index is 11.9. The number of nitrogens with zero attached hydrogens (tertiary/aromatic N) is 1. The molecule has 1 saturated heterocycles. The van der Waals surface area contributed by atoms with Gasteiger partial charge in [-0.15, -0.1) is 0 Å². The van der Waals surface area contributed by atoms with Crippen LogP contribution < -0.4 is 10.1 Å². The fourth-order valence-electron chi connectivity index (χ4n) is 1.91. The predicted octanol–water partition coefficient (Wildman–Crippen LogP) is 1.79. The first-order valence-electron chi connectivity index (χ1n) is 6.51. The molecule has 0 bridgehead atoms. The molecule has 1 aliphatic heterocycles. The molecule has 1 aromatic carbocycles. The highest BCUT2D eigenvalue weighted by Crippen LogP contribution is 2.15. The molecule has 19 heavy (non-hydrogen) atoms. The van der Waals surface area contributed by atoms with Gasteiger partial charge in [0, 0.05) is 31.7 Å². The number of benzene rings is 1. The lowest BCUT2D eigenvalue weighted by Gasteiger charge is -2.30. The Morgan fingerprint density at radius 3 is 2.68 bits per heavy atom. The van der Waals surface area contributed by atoms with E-state index in [4.69, 9.17) is 16.3 Å². The van der Waals surface area contributed by atoms with Crippen molar-refractivity contribution in [3.63, 3.8) is 0 Å². The van der Waals surface area contributed by atoms with Gasteiger partial charge in [-0.25, -0.2) is 0 Å². The number of ether oxygens (including phenoxy) is 1. The van der Waals surface area contributed by atoms with Crippen molar-refractivity contribution in [3.8, 4) is 5.75 Å². The summed E-state index contributed by atoms with van der Waals surface area (Å²) in [5.74, 6) is 1.20. The number of carbonyl (C=O) groups excluding carboxylic acids is 1. The Balaban J connectivity index is 1.63. The molecule has 4 nitrogen and oxygen atoms in total. The van der Waals surface area contributed by atoms with Crippen LogP contribution in [0.2, 0.25) is 5.02 Å². The van der Waals surface area contributed by atoms with Crippen molar-refractivity contribution in [2.24, 2.45) is 5.92 Å². The van der Waals surface area contributed by atoms with E-state index in [1.165, 1.54) is 0 Å². The van der Waals surface area contributed by atoms with Crippen LogP contribution in [0.15, 0.2) is 24.3 Å². The quantitative estimate of drug-likeness (QED) is 0.809. The summed E-state index contributed by atoms with van der Waals surface area (Å²) in [4.78, 5) is 13.6. The van der Waals surface area contributed by atoms with Gasteiger partial charge in [-0.3, -0.25) is 4.79 Å². The molecule has 104 valence electrons. The normalized spacial score (nSPS) is 14.8. The van der Waals surface area contributed by atoms with Crippen molar-refractivity contribution in [2.45, 2.75) is 6.42 Å². The topological polar surface area (TPSA) is 41.6 Å². The molecule has 0 spiro atoms. The Kier molecular flexibility index (Phi) is 5.05. The number of rotatable bonds is 6. The molecular weight excluding hydrogens is 264 g/mol. The fourth-order valence-corrected chi connectivity index (χ4v) is 2.03. The van der Waals surface area contributed by atoms with E-state index in [0.29, 0.717) is 11.6 Å². The van der Waals surface area contributed by atoms with E-state index < -0.39 is 0 Å². The molecule has 1 aromatic rings. The maximum absolute atomic E-state index is 11.9. The van der Waals surface area contributed by atoms with Crippen LogP contribution in [0.4, 0.5) is 0 Å². The van der Waals surface area contributed by atoms with E-state index in [1.54, 1.807) is 17.0 Å². The van der Waals surface area contributed by atoms with E-state index in [2.05, 4.69) is 5.32 Å². The van der Waals surface area contributed by atoms with Crippen LogP contribution in [0.5, 0.6) is 5.75 Å². The van der Waals surface area contributed by atoms with E-state index in [-0.39, 0.29) is 11.8 Å². The van der Waals surface area contributed by atoms with Gasteiger partial charge in [0.1, 0.15) is 5.75 Å². The van der Waals surface area contributed by atoms with Gasteiger partial charge in [-0.05, 0) is 30.7 Å². The van der Waals surface area contributed by atoms with Crippen molar-refractivity contribution in [2.75, 3.05) is 33.3 Å². The molecule has 0 radical (unpaired) electrons. The fraction of sp³-hybridized carbons (Fsp3) is 0.500. The van der Waals surface area contributed by atoms with Gasteiger partial charge in [-0.1, -0.05) is 11.6 Å². The average Bonchev–Trinajstić information content (AvgIpc) is 2.34. The number of amides is 1. The number of carbonyl (C=O) groups is 1. The van der Waals surface area contributed by atoms with Crippen molar-refractivity contribution < 1.29 is 9.53 Å². The molecule has 0 unspecified atom stereocenters. The van der Waals surface area contributed by atoms with Crippen LogP contribution in [-0.2, 0) is 4.79 Å². The number of nitrogens with one attached hydrogen (secondary N) is 1. The molecule has 0 aromatic heterocycles. The van der Waals surface area contributed by atoms with Crippen molar-refractivity contribution in [1.82, 2.24) is 10.2 Å². The minimum atomic E-state index is 0.169. The standard InChI is InChI=1S/C14H19ClN2O2/c1-17(14(18)11-9-16-10-11)7-2-8-19-13-5-3-12(15)4-6-13/h3-6,11,16H,2,7-10H2,1H3. The zero-order valence-corrected chi connectivity index (χ0v) is 11.8. The van der Waals surface area contributed by atoms with Crippen LogP contribution >= 0.6 is 11.6 Å². The molecule has 0 atom stereocenters. The molecular formula is C14H19ClN2O2. The zero-order chi connectivity index (χ0) is 13.7. The molecule has 0 saturated carbocycles. The largest absolute Gasteiger partial charge is 0.494 e. The Morgan fingerprint density at radius 1 is 1.42 bits per heavy atom. The zero-order valence-electron chi connectivity index (χ0n) is 11.1. The van der Waals surface area contributed by atoms with E-state index >= 15 is 0 Å². The summed E-state index contributed by atoms with van der Waals surface area (Å²) < 4.78 is 5.58. The smallest absolute Gasteiger partial charge is 0.227 e. The molecule has 1 N–H and O–H groups in total. The monoisotopic (exact) mass is 282 g/mol. The van der Waals surface area contributed by atoms with Crippen molar-refractivity contribution in [3.05, 3.63) is 29.3 Å². The second-order valence-corrected chi connectivity index (χ2v) is 5.21. The van der Waals surface area contributed by atoms with Gasteiger partial charge in [0.2, 0.25) is 5.91 Å². The van der Waals surface area contributed by atoms with Crippen LogP contribution in [0.1, 0.15) is 6.42 Å². The highest BCUT2D eigenvalue weighted by Gasteiger charge is 2.27. The number of hydrogen-bond donors (Lipinski definition) is 1. The van der Waals surface area contributed by atoms with Gasteiger partial charge in [-0.2, -0.15) is 0 Å². The molecule has 1 heterocycles. The summed E-state index contributed by atoms with van der Waals surface area (Å²) in [6.07, 6.45) is 0.824. The molecule has 1 fully saturated rings. The summed E-state index contributed by atoms with van der Waals surface area (Å²) in [5, 5.41) is 3.81. The van der Waals surface area contributed by atoms with Gasteiger partial charge in [0.25, 0.3) is 0 Å². The molecule has 5 heteroatoms. The second kappa shape index (κ2) is 6.78. The Bertz CT molecular complexity index is 418. The van der Waals surface area contributed by atoms with Crippen LogP contribution in [-0.4, -0.2) is 44.1 Å². The summed E-state index contributed by atoms with van der Waals surface area (Å²) in [7, 11) is 1.85. The summed E-state index contributed by atoms with van der Waals surface area (Å²) in [6, 6.07) is 7.29. The Labute approximate surface area is 118 Å². The van der Waals surface area contributed by atoms with Gasteiger partial charge >= 0.3 is 0 Å². The maximum Gasteiger partial charge on any atom is 0.227 e. The lowest BCUT2D eigenvalue weighted by molar-refractivity contribution is -0.135. The average molecular weight is 283 g/mol. The van der Waals surface area contributed by atoms with Crippen LogP contribution in [0.25, 0.3) is 0 Å². The van der Waals surface area contributed by atoms with E-state index in [1.807, 2.05) is 19.2 Å². The summed E-state index contributed by atoms with van der Waals surface area (Å²) >= 11 is 5.79. The number of hydrogen-bond acceptors (Lipinski definition) is 3. The van der Waals surface area contributed by atoms with Crippen LogP contribution in [0, 0.1) is 5.92 Å². The minimum Gasteiger partial charge on any atom is -0.494 e. The van der Waals surface area contributed by atoms with E-state index in [9.17, 15) is 4.79 Å². The molecule has 0 aliphatic carbocycles. The third kappa shape index (κ3) is 4.11. The summed E-state index contributed by atoms with van der Waals surface area (Å²) in [6.45, 7) is 2.94. The Morgan fingerprint density at radius 2 is 2.11 bits per heavy atom. The highest BCUT2D eigenvalue weighted by atomic mass is 35.5. The lowest BCUT2D eigenvalue weighted by atomic mass is 10.0. The number of halogens is 1. The molecule has 2 rings (SSSR count). The SMILES string of the molecule is CN(CCCOc1ccc(Cl)cc1)C(=O)C1CNC1. The van der Waals surface area contributed by atoms with Gasteiger partial charge in [0.05, 0.1) is 12.5 Å².